The van der Waals surface area contributed by atoms with E-state index < -0.39 is 6.10 Å². The molecule has 3 nitrogen and oxygen atoms in total. The average molecular weight is 296 g/mol. The molecule has 0 aromatic heterocycles. The number of aliphatic hydroxyl groups excluding tert-OH is 1. The molecule has 2 N–H and O–H groups in total. The molecule has 0 saturated carbocycles. The van der Waals surface area contributed by atoms with Crippen molar-refractivity contribution < 1.29 is 14.2 Å². The summed E-state index contributed by atoms with van der Waals surface area (Å²) in [4.78, 5) is 0. The van der Waals surface area contributed by atoms with Crippen molar-refractivity contribution in [2.45, 2.75) is 6.10 Å². The fourth-order valence-electron chi connectivity index (χ4n) is 1.59. The first-order valence-electron chi connectivity index (χ1n) is 6.19. The Morgan fingerprint density at radius 3 is 2.40 bits per heavy atom. The normalized spacial score (nSPS) is 11.9. The lowest BCUT2D eigenvalue weighted by Crippen LogP contribution is -2.26. The van der Waals surface area contributed by atoms with Gasteiger partial charge in [-0.2, -0.15) is 0 Å². The standard InChI is InChI=1S/C15H15ClFNO2/c16-11-1-5-13(6-2-11)18-9-14(19)10-20-15-7-3-12(17)4-8-15/h1-8,14,18-19H,9-10H2. The number of aliphatic hydroxyl groups is 1. The molecule has 0 radical (unpaired) electrons. The fourth-order valence-corrected chi connectivity index (χ4v) is 1.71. The monoisotopic (exact) mass is 295 g/mol. The Morgan fingerprint density at radius 2 is 1.75 bits per heavy atom. The lowest BCUT2D eigenvalue weighted by atomic mass is 10.3. The van der Waals surface area contributed by atoms with Crippen molar-refractivity contribution in [3.05, 3.63) is 59.4 Å². The molecule has 0 amide bonds. The van der Waals surface area contributed by atoms with E-state index in [-0.39, 0.29) is 12.4 Å². The summed E-state index contributed by atoms with van der Waals surface area (Å²) >= 11 is 5.78. The third-order valence-corrected chi connectivity index (χ3v) is 2.89. The van der Waals surface area contributed by atoms with Crippen LogP contribution in [0.4, 0.5) is 10.1 Å². The lowest BCUT2D eigenvalue weighted by molar-refractivity contribution is 0.117. The minimum Gasteiger partial charge on any atom is -0.491 e. The SMILES string of the molecule is OC(CNc1ccc(Cl)cc1)COc1ccc(F)cc1. The predicted octanol–water partition coefficient (Wildman–Crippen LogP) is 3.33. The van der Waals surface area contributed by atoms with E-state index in [0.717, 1.165) is 5.69 Å². The second kappa shape index (κ2) is 7.12. The third-order valence-electron chi connectivity index (χ3n) is 2.64. The van der Waals surface area contributed by atoms with Gasteiger partial charge >= 0.3 is 0 Å². The summed E-state index contributed by atoms with van der Waals surface area (Å²) in [7, 11) is 0. The topological polar surface area (TPSA) is 41.5 Å². The van der Waals surface area contributed by atoms with Gasteiger partial charge in [0.1, 0.15) is 24.3 Å². The number of benzene rings is 2. The molecule has 5 heteroatoms. The van der Waals surface area contributed by atoms with Crippen molar-refractivity contribution >= 4 is 17.3 Å². The van der Waals surface area contributed by atoms with Gasteiger partial charge in [-0.05, 0) is 48.5 Å². The zero-order valence-electron chi connectivity index (χ0n) is 10.7. The molecule has 0 aliphatic carbocycles. The Morgan fingerprint density at radius 1 is 1.10 bits per heavy atom. The van der Waals surface area contributed by atoms with Crippen LogP contribution in [-0.2, 0) is 0 Å². The van der Waals surface area contributed by atoms with Crippen LogP contribution in [0, 0.1) is 5.82 Å². The first kappa shape index (κ1) is 14.6. The van der Waals surface area contributed by atoms with E-state index in [1.807, 2.05) is 12.1 Å². The van der Waals surface area contributed by atoms with Crippen LogP contribution in [0.5, 0.6) is 5.75 Å². The van der Waals surface area contributed by atoms with Gasteiger partial charge in [-0.15, -0.1) is 0 Å². The molecule has 0 fully saturated rings. The number of hydrogen-bond acceptors (Lipinski definition) is 3. The summed E-state index contributed by atoms with van der Waals surface area (Å²) in [5, 5.41) is 13.5. The van der Waals surface area contributed by atoms with E-state index in [1.54, 1.807) is 12.1 Å². The highest BCUT2D eigenvalue weighted by Crippen LogP contribution is 2.14. The maximum Gasteiger partial charge on any atom is 0.123 e. The maximum atomic E-state index is 12.7. The Bertz CT molecular complexity index is 481. The van der Waals surface area contributed by atoms with Crippen LogP contribution in [0.2, 0.25) is 5.02 Å². The number of anilines is 1. The quantitative estimate of drug-likeness (QED) is 0.859. The number of hydrogen-bond donors (Lipinski definition) is 2. The number of nitrogens with one attached hydrogen (secondary N) is 1. The van der Waals surface area contributed by atoms with E-state index in [4.69, 9.17) is 16.3 Å². The molecule has 106 valence electrons. The Hall–Kier alpha value is -1.78. The van der Waals surface area contributed by atoms with E-state index in [9.17, 15) is 9.50 Å². The second-order valence-electron chi connectivity index (χ2n) is 4.31. The molecule has 20 heavy (non-hydrogen) atoms. The van der Waals surface area contributed by atoms with E-state index >= 15 is 0 Å². The smallest absolute Gasteiger partial charge is 0.123 e. The Kier molecular flexibility index (Phi) is 5.21. The molecule has 2 rings (SSSR count). The van der Waals surface area contributed by atoms with Crippen molar-refractivity contribution in [2.24, 2.45) is 0 Å². The number of rotatable bonds is 6. The van der Waals surface area contributed by atoms with Crippen molar-refractivity contribution in [1.29, 1.82) is 0 Å². The van der Waals surface area contributed by atoms with Crippen LogP contribution >= 0.6 is 11.6 Å². The fraction of sp³-hybridized carbons (Fsp3) is 0.200. The van der Waals surface area contributed by atoms with E-state index in [2.05, 4.69) is 5.32 Å². The molecule has 1 atom stereocenters. The molecule has 0 aliphatic heterocycles. The highest BCUT2D eigenvalue weighted by molar-refractivity contribution is 6.30. The van der Waals surface area contributed by atoms with Gasteiger partial charge in [0.15, 0.2) is 0 Å². The molecule has 0 aliphatic rings. The summed E-state index contributed by atoms with van der Waals surface area (Å²) in [6, 6.07) is 12.9. The molecular formula is C15H15ClFNO2. The molecule has 0 spiro atoms. The highest BCUT2D eigenvalue weighted by atomic mass is 35.5. The number of halogens is 2. The minimum absolute atomic E-state index is 0.131. The average Bonchev–Trinajstić information content (AvgIpc) is 2.46. The maximum absolute atomic E-state index is 12.7. The summed E-state index contributed by atoms with van der Waals surface area (Å²) in [5.74, 6) is 0.208. The van der Waals surface area contributed by atoms with Crippen molar-refractivity contribution in [3.8, 4) is 5.75 Å². The van der Waals surface area contributed by atoms with Crippen LogP contribution in [0.1, 0.15) is 0 Å². The predicted molar refractivity (Wildman–Crippen MR) is 77.8 cm³/mol. The van der Waals surface area contributed by atoms with Crippen molar-refractivity contribution in [3.63, 3.8) is 0 Å². The highest BCUT2D eigenvalue weighted by Gasteiger charge is 2.05. The largest absolute Gasteiger partial charge is 0.491 e. The van der Waals surface area contributed by atoms with Crippen LogP contribution < -0.4 is 10.1 Å². The van der Waals surface area contributed by atoms with Gasteiger partial charge in [-0.1, -0.05) is 11.6 Å². The van der Waals surface area contributed by atoms with Gasteiger partial charge in [-0.3, -0.25) is 0 Å². The molecule has 0 heterocycles. The summed E-state index contributed by atoms with van der Waals surface area (Å²) in [6.45, 7) is 0.481. The first-order valence-corrected chi connectivity index (χ1v) is 6.57. The van der Waals surface area contributed by atoms with Gasteiger partial charge in [0.2, 0.25) is 0 Å². The van der Waals surface area contributed by atoms with Crippen LogP contribution in [0.3, 0.4) is 0 Å². The zero-order valence-corrected chi connectivity index (χ0v) is 11.5. The first-order chi connectivity index (χ1) is 9.63. The minimum atomic E-state index is -0.671. The second-order valence-corrected chi connectivity index (χ2v) is 4.74. The zero-order chi connectivity index (χ0) is 14.4. The number of ether oxygens (including phenoxy) is 1. The summed E-state index contributed by atoms with van der Waals surface area (Å²) in [5.41, 5.74) is 0.871. The van der Waals surface area contributed by atoms with Gasteiger partial charge in [0.05, 0.1) is 0 Å². The lowest BCUT2D eigenvalue weighted by Gasteiger charge is -2.14. The molecule has 0 bridgehead atoms. The Balaban J connectivity index is 1.73. The van der Waals surface area contributed by atoms with Gasteiger partial charge in [0, 0.05) is 17.3 Å². The van der Waals surface area contributed by atoms with E-state index in [0.29, 0.717) is 17.3 Å². The van der Waals surface area contributed by atoms with E-state index in [1.165, 1.54) is 24.3 Å². The van der Waals surface area contributed by atoms with Gasteiger partial charge in [0.25, 0.3) is 0 Å². The van der Waals surface area contributed by atoms with Gasteiger partial charge in [-0.25, -0.2) is 4.39 Å². The van der Waals surface area contributed by atoms with Crippen LogP contribution in [0.15, 0.2) is 48.5 Å². The van der Waals surface area contributed by atoms with Crippen LogP contribution in [-0.4, -0.2) is 24.4 Å². The van der Waals surface area contributed by atoms with Crippen LogP contribution in [0.25, 0.3) is 0 Å². The Labute approximate surface area is 122 Å². The van der Waals surface area contributed by atoms with Crippen molar-refractivity contribution in [2.75, 3.05) is 18.5 Å². The molecular weight excluding hydrogens is 281 g/mol. The van der Waals surface area contributed by atoms with Crippen molar-refractivity contribution in [1.82, 2.24) is 0 Å². The molecule has 2 aromatic carbocycles. The van der Waals surface area contributed by atoms with Gasteiger partial charge < -0.3 is 15.2 Å². The molecule has 1 unspecified atom stereocenters. The molecule has 2 aromatic rings. The third kappa shape index (κ3) is 4.72. The summed E-state index contributed by atoms with van der Waals surface area (Å²) in [6.07, 6.45) is -0.671. The molecule has 0 saturated heterocycles. The summed E-state index contributed by atoms with van der Waals surface area (Å²) < 4.78 is 18.1.